The molecule has 1 saturated carbocycles. The lowest BCUT2D eigenvalue weighted by Gasteiger charge is -2.39. The summed E-state index contributed by atoms with van der Waals surface area (Å²) in [5, 5.41) is 0.632. The van der Waals surface area contributed by atoms with Gasteiger partial charge in [-0.1, -0.05) is 34.1 Å². The van der Waals surface area contributed by atoms with Crippen LogP contribution in [0.25, 0.3) is 0 Å². The van der Waals surface area contributed by atoms with Crippen LogP contribution in [0.15, 0.2) is 93.3 Å². The fourth-order valence-electron chi connectivity index (χ4n) is 12.9. The molecule has 85 heavy (non-hydrogen) atoms. The highest BCUT2D eigenvalue weighted by atomic mass is 32.2. The Balaban J connectivity index is 0.000000136. The molecule has 0 spiro atoms. The normalized spacial score (nSPS) is 24.0. The fraction of sp³-hybridized carbons (Fsp3) is 0.576. The molecule has 4 aromatic rings. The van der Waals surface area contributed by atoms with Gasteiger partial charge in [-0.3, -0.25) is 44.7 Å². The SMILES string of the molecule is CC1CC(NS(=O)(=O)C2=NCc3ncccc32)CC(C)(C)C1.CC1CCCCN1S(=O)(=O)C1=NCc2ncccc21.CC1CCCN(S(=O)(=O)C2=NCc3ncccc32)C1.CCN(CC)C(=O)C1CCCN(S(=O)(=O)C2=NCc3ncccc32)C1. The van der Waals surface area contributed by atoms with Crippen molar-refractivity contribution in [3.8, 4) is 0 Å². The van der Waals surface area contributed by atoms with E-state index in [0.717, 1.165) is 74.9 Å². The Morgan fingerprint density at radius 3 is 1.46 bits per heavy atom. The number of sulfonamides is 4. The molecule has 460 valence electrons. The van der Waals surface area contributed by atoms with Gasteiger partial charge in [-0.05, 0) is 144 Å². The van der Waals surface area contributed by atoms with Gasteiger partial charge >= 0.3 is 0 Å². The van der Waals surface area contributed by atoms with Gasteiger partial charge in [0.15, 0.2) is 20.2 Å². The molecule has 3 saturated heterocycles. The van der Waals surface area contributed by atoms with Crippen molar-refractivity contribution >= 4 is 66.2 Å². The number of carbonyl (C=O) groups is 1. The third-order valence-corrected chi connectivity index (χ3v) is 24.0. The van der Waals surface area contributed by atoms with E-state index in [1.54, 1.807) is 86.8 Å². The number of carbonyl (C=O) groups excluding carboxylic acids is 1. The summed E-state index contributed by atoms with van der Waals surface area (Å²) < 4.78 is 110. The number of hydrogen-bond donors (Lipinski definition) is 1. The van der Waals surface area contributed by atoms with E-state index in [9.17, 15) is 38.5 Å². The van der Waals surface area contributed by atoms with Crippen LogP contribution in [-0.2, 0) is 71.1 Å². The summed E-state index contributed by atoms with van der Waals surface area (Å²) in [5.41, 5.74) is 5.66. The van der Waals surface area contributed by atoms with E-state index in [1.165, 1.54) is 4.31 Å². The summed E-state index contributed by atoms with van der Waals surface area (Å²) in [4.78, 5) is 48.0. The van der Waals surface area contributed by atoms with E-state index < -0.39 is 40.1 Å². The first-order valence-electron chi connectivity index (χ1n) is 29.7. The number of fused-ring (bicyclic) bond motifs is 4. The minimum atomic E-state index is -3.71. The van der Waals surface area contributed by atoms with Crippen molar-refractivity contribution in [1.29, 1.82) is 0 Å². The van der Waals surface area contributed by atoms with Crippen LogP contribution < -0.4 is 4.72 Å². The Morgan fingerprint density at radius 2 is 1.00 bits per heavy atom. The molecular weight excluding hydrogens is 1160 g/mol. The number of amides is 1. The largest absolute Gasteiger partial charge is 0.343 e. The third kappa shape index (κ3) is 14.4. The molecule has 5 unspecified atom stereocenters. The highest BCUT2D eigenvalue weighted by molar-refractivity contribution is 8.06. The third-order valence-electron chi connectivity index (χ3n) is 16.8. The first kappa shape index (κ1) is 63.9. The van der Waals surface area contributed by atoms with Crippen LogP contribution in [0.1, 0.15) is 158 Å². The van der Waals surface area contributed by atoms with Crippen molar-refractivity contribution in [3.05, 3.63) is 118 Å². The topological polar surface area (TPSA) is 280 Å². The average Bonchev–Trinajstić information content (AvgIpc) is 3.75. The summed E-state index contributed by atoms with van der Waals surface area (Å²) >= 11 is 0. The van der Waals surface area contributed by atoms with Gasteiger partial charge in [0.25, 0.3) is 40.1 Å². The van der Waals surface area contributed by atoms with Crippen LogP contribution >= 0.6 is 0 Å². The first-order chi connectivity index (χ1) is 40.4. The molecule has 12 rings (SSSR count). The second-order valence-corrected chi connectivity index (χ2v) is 31.1. The van der Waals surface area contributed by atoms with E-state index in [0.29, 0.717) is 112 Å². The Bertz CT molecular complexity index is 3700. The lowest BCUT2D eigenvalue weighted by atomic mass is 9.71. The quantitative estimate of drug-likeness (QED) is 0.193. The standard InChI is InChI=1S/C17H24N4O3S.C16H23N3O2S.2C13H17N3O2S/c1-3-20(4-2)17(22)13-7-6-10-21(12-13)25(23,24)16-14-8-5-9-18-15(14)11-19-16;1-11-7-12(9-16(2,3)8-11)19-22(20,21)15-13-5-4-6-17-14(13)10-18-15;1-10-4-3-7-16(9-10)19(17,18)13-11-5-2-6-14-12(11)8-15-13;1-10-5-2-3-8-16(10)19(17,18)13-11-6-4-7-14-12(11)9-15-13/h5,8-9,13H,3-4,6-7,10-12H2,1-2H3;4-6,11-12,19H,7-10H2,1-3H3;2,5-6,10H,3-4,7-9H2,1H3;4,6-7,10H,2-3,5,8-9H2,1H3. The molecule has 1 amide bonds. The number of hydrogen-bond acceptors (Lipinski definition) is 17. The van der Waals surface area contributed by atoms with Crippen molar-refractivity contribution in [2.75, 3.05) is 45.8 Å². The lowest BCUT2D eigenvalue weighted by Crippen LogP contribution is -2.48. The zero-order valence-electron chi connectivity index (χ0n) is 49.8. The van der Waals surface area contributed by atoms with Gasteiger partial charge in [0.2, 0.25) is 5.91 Å². The number of piperidine rings is 3. The molecule has 5 atom stereocenters. The number of nitrogens with one attached hydrogen (secondary N) is 1. The summed E-state index contributed by atoms with van der Waals surface area (Å²) in [6, 6.07) is 14.1. The molecule has 4 fully saturated rings. The lowest BCUT2D eigenvalue weighted by molar-refractivity contribution is -0.136. The molecule has 0 bridgehead atoms. The molecule has 0 aromatic carbocycles. The van der Waals surface area contributed by atoms with Gasteiger partial charge in [0, 0.05) is 105 Å². The van der Waals surface area contributed by atoms with Gasteiger partial charge in [-0.2, -0.15) is 12.9 Å². The number of rotatable bonds is 8. The highest BCUT2D eigenvalue weighted by Crippen LogP contribution is 2.39. The zero-order chi connectivity index (χ0) is 60.9. The maximum absolute atomic E-state index is 13.1. The Hall–Kier alpha value is -5.61. The zero-order valence-corrected chi connectivity index (χ0v) is 53.1. The molecular formula is C59H81N13O9S4. The fourth-order valence-corrected chi connectivity index (χ4v) is 19.6. The smallest absolute Gasteiger partial charge is 0.261 e. The Labute approximate surface area is 502 Å². The summed E-state index contributed by atoms with van der Waals surface area (Å²) in [6.07, 6.45) is 15.9. The Kier molecular flexibility index (Phi) is 20.1. The van der Waals surface area contributed by atoms with E-state index in [4.69, 9.17) is 0 Å². The number of aliphatic imine (C=N–C) groups is 4. The van der Waals surface area contributed by atoms with Gasteiger partial charge < -0.3 is 4.90 Å². The van der Waals surface area contributed by atoms with Gasteiger partial charge in [0.05, 0.1) is 54.9 Å². The van der Waals surface area contributed by atoms with Crippen LogP contribution in [0, 0.1) is 23.2 Å². The first-order valence-corrected chi connectivity index (χ1v) is 35.5. The van der Waals surface area contributed by atoms with Gasteiger partial charge in [0.1, 0.15) is 0 Å². The second-order valence-electron chi connectivity index (χ2n) is 24.0. The number of nitrogens with zero attached hydrogens (tertiary/aromatic N) is 12. The minimum Gasteiger partial charge on any atom is -0.343 e. The minimum absolute atomic E-state index is 0.0211. The maximum atomic E-state index is 13.1. The van der Waals surface area contributed by atoms with Crippen LogP contribution in [0.5, 0.6) is 0 Å². The summed E-state index contributed by atoms with van der Waals surface area (Å²) in [5.74, 6) is 0.703. The van der Waals surface area contributed by atoms with E-state index in [1.807, 2.05) is 20.8 Å². The summed E-state index contributed by atoms with van der Waals surface area (Å²) in [7, 11) is -14.2. The molecule has 4 aromatic heterocycles. The highest BCUT2D eigenvalue weighted by Gasteiger charge is 2.42. The predicted molar refractivity (Wildman–Crippen MR) is 330 cm³/mol. The van der Waals surface area contributed by atoms with Crippen LogP contribution in [-0.4, -0.2) is 155 Å². The molecule has 8 aliphatic rings. The van der Waals surface area contributed by atoms with Gasteiger partial charge in [-0.15, -0.1) is 0 Å². The average molecular weight is 1240 g/mol. The second kappa shape index (κ2) is 26.8. The maximum Gasteiger partial charge on any atom is 0.261 e. The summed E-state index contributed by atoms with van der Waals surface area (Å²) in [6.45, 7) is 19.6. The monoisotopic (exact) mass is 1240 g/mol. The van der Waals surface area contributed by atoms with Crippen molar-refractivity contribution in [2.45, 2.75) is 151 Å². The predicted octanol–water partition coefficient (Wildman–Crippen LogP) is 6.68. The van der Waals surface area contributed by atoms with Crippen LogP contribution in [0.2, 0.25) is 0 Å². The van der Waals surface area contributed by atoms with Crippen molar-refractivity contribution < 1.29 is 38.5 Å². The molecule has 26 heteroatoms. The Morgan fingerprint density at radius 1 is 0.553 bits per heavy atom. The molecule has 1 aliphatic carbocycles. The number of pyridine rings is 4. The van der Waals surface area contributed by atoms with E-state index >= 15 is 0 Å². The molecule has 0 radical (unpaired) electrons. The number of aromatic nitrogens is 4. The van der Waals surface area contributed by atoms with Crippen molar-refractivity contribution in [1.82, 2.24) is 42.5 Å². The van der Waals surface area contributed by atoms with E-state index in [2.05, 4.69) is 72.3 Å². The molecule has 22 nitrogen and oxygen atoms in total. The molecule has 1 N–H and O–H groups in total. The van der Waals surface area contributed by atoms with Crippen molar-refractivity contribution in [3.63, 3.8) is 0 Å². The van der Waals surface area contributed by atoms with Crippen LogP contribution in [0.4, 0.5) is 0 Å². The van der Waals surface area contributed by atoms with Crippen LogP contribution in [0.3, 0.4) is 0 Å². The van der Waals surface area contributed by atoms with E-state index in [-0.39, 0.29) is 56.0 Å². The molecule has 7 aliphatic heterocycles. The molecule has 11 heterocycles. The van der Waals surface area contributed by atoms with Crippen molar-refractivity contribution in [2.24, 2.45) is 43.1 Å². The van der Waals surface area contributed by atoms with Gasteiger partial charge in [-0.25, -0.2) is 38.4 Å².